The standard InChI is InChI=1S/C8H17NO12P2/c1-4(11)9-5-2-19-8(3-10,7(13)6(5)12)20-23(17,18)21-22(14,15)16/h5-7,10,12-13H,2-3H2,1H3,(H,9,11)(H,17,18)(H2,14,15,16)/t5-,6-,7+,8-/m1/s1. The number of nitrogens with one attached hydrogen (secondary N) is 1. The molecule has 0 aromatic rings. The number of carbonyl (C=O) groups is 1. The van der Waals surface area contributed by atoms with E-state index in [0.717, 1.165) is 6.92 Å². The van der Waals surface area contributed by atoms with Gasteiger partial charge in [0.05, 0.1) is 12.6 Å². The highest BCUT2D eigenvalue weighted by atomic mass is 31.3. The van der Waals surface area contributed by atoms with Crippen LogP contribution in [0.3, 0.4) is 0 Å². The first-order valence-electron chi connectivity index (χ1n) is 6.00. The normalized spacial score (nSPS) is 34.7. The molecular formula is C8H17NO12P2. The third-order valence-corrected chi connectivity index (χ3v) is 5.00. The lowest BCUT2D eigenvalue weighted by molar-refractivity contribution is -0.307. The molecule has 0 aromatic heterocycles. The monoisotopic (exact) mass is 381 g/mol. The number of aliphatic hydroxyl groups excluding tert-OH is 3. The molecule has 1 rings (SSSR count). The lowest BCUT2D eigenvalue weighted by Crippen LogP contribution is -2.66. The van der Waals surface area contributed by atoms with Gasteiger partial charge in [-0.3, -0.25) is 4.79 Å². The molecule has 5 atom stereocenters. The van der Waals surface area contributed by atoms with E-state index in [4.69, 9.17) is 14.5 Å². The molecule has 0 radical (unpaired) electrons. The van der Waals surface area contributed by atoms with Crippen molar-refractivity contribution in [1.29, 1.82) is 0 Å². The minimum absolute atomic E-state index is 0.547. The maximum Gasteiger partial charge on any atom is 0.483 e. The first-order chi connectivity index (χ1) is 10.3. The number of phosphoric ester groups is 1. The van der Waals surface area contributed by atoms with E-state index in [1.54, 1.807) is 0 Å². The number of aliphatic hydroxyl groups is 3. The molecule has 15 heteroatoms. The van der Waals surface area contributed by atoms with Crippen LogP contribution in [-0.2, 0) is 27.5 Å². The number of amides is 1. The SMILES string of the molecule is CC(=O)N[C@@H]1CO[C@](CO)(OP(=O)(O)OP(=O)(O)O)[C@@H](O)[C@@H]1O. The van der Waals surface area contributed by atoms with Gasteiger partial charge in [0.2, 0.25) is 11.7 Å². The largest absolute Gasteiger partial charge is 0.483 e. The molecule has 0 aromatic carbocycles. The molecule has 1 unspecified atom stereocenters. The summed E-state index contributed by atoms with van der Waals surface area (Å²) in [5.74, 6) is -3.27. The van der Waals surface area contributed by atoms with Crippen molar-refractivity contribution < 1.29 is 57.5 Å². The molecule has 1 heterocycles. The van der Waals surface area contributed by atoms with E-state index in [1.165, 1.54) is 0 Å². The van der Waals surface area contributed by atoms with Gasteiger partial charge in [-0.05, 0) is 0 Å². The van der Waals surface area contributed by atoms with Gasteiger partial charge in [-0.15, -0.1) is 0 Å². The van der Waals surface area contributed by atoms with Crippen molar-refractivity contribution in [3.8, 4) is 0 Å². The van der Waals surface area contributed by atoms with Gasteiger partial charge >= 0.3 is 15.6 Å². The smallest absolute Gasteiger partial charge is 0.391 e. The number of phosphoric acid groups is 2. The van der Waals surface area contributed by atoms with Gasteiger partial charge in [0.25, 0.3) is 0 Å². The summed E-state index contributed by atoms with van der Waals surface area (Å²) >= 11 is 0. The predicted octanol–water partition coefficient (Wildman–Crippen LogP) is -2.84. The zero-order valence-corrected chi connectivity index (χ0v) is 13.5. The molecule has 0 bridgehead atoms. The molecule has 1 fully saturated rings. The average Bonchev–Trinajstić information content (AvgIpc) is 2.35. The van der Waals surface area contributed by atoms with E-state index in [2.05, 4.69) is 14.2 Å². The molecule has 0 spiro atoms. The number of ether oxygens (including phenoxy) is 1. The van der Waals surface area contributed by atoms with Crippen LogP contribution in [0, 0.1) is 0 Å². The van der Waals surface area contributed by atoms with E-state index in [9.17, 15) is 34.1 Å². The summed E-state index contributed by atoms with van der Waals surface area (Å²) in [5.41, 5.74) is 0. The molecule has 1 aliphatic rings. The first kappa shape index (κ1) is 20.6. The fourth-order valence-corrected chi connectivity index (χ4v) is 3.70. The highest BCUT2D eigenvalue weighted by Crippen LogP contribution is 2.60. The second kappa shape index (κ2) is 7.21. The molecule has 13 nitrogen and oxygen atoms in total. The summed E-state index contributed by atoms with van der Waals surface area (Å²) in [6.45, 7) is -0.694. The van der Waals surface area contributed by atoms with Crippen LogP contribution in [0.4, 0.5) is 0 Å². The van der Waals surface area contributed by atoms with Crippen LogP contribution in [0.5, 0.6) is 0 Å². The summed E-state index contributed by atoms with van der Waals surface area (Å²) in [7, 11) is -10.9. The predicted molar refractivity (Wildman–Crippen MR) is 69.4 cm³/mol. The number of hydrogen-bond acceptors (Lipinski definition) is 9. The summed E-state index contributed by atoms with van der Waals surface area (Å²) < 4.78 is 34.9. The first-order valence-corrected chi connectivity index (χ1v) is 9.03. The Bertz CT molecular complexity index is 535. The quantitative estimate of drug-likeness (QED) is 0.232. The Morgan fingerprint density at radius 1 is 1.35 bits per heavy atom. The van der Waals surface area contributed by atoms with E-state index in [0.29, 0.717) is 0 Å². The van der Waals surface area contributed by atoms with Crippen LogP contribution >= 0.6 is 15.6 Å². The van der Waals surface area contributed by atoms with Crippen LogP contribution in [0.15, 0.2) is 0 Å². The molecule has 0 saturated carbocycles. The van der Waals surface area contributed by atoms with Crippen molar-refractivity contribution in [2.24, 2.45) is 0 Å². The van der Waals surface area contributed by atoms with Gasteiger partial charge in [0, 0.05) is 6.92 Å². The highest BCUT2D eigenvalue weighted by molar-refractivity contribution is 7.60. The number of hydrogen-bond donors (Lipinski definition) is 7. The Morgan fingerprint density at radius 2 is 1.91 bits per heavy atom. The zero-order chi connectivity index (χ0) is 18.1. The average molecular weight is 381 g/mol. The Morgan fingerprint density at radius 3 is 2.35 bits per heavy atom. The van der Waals surface area contributed by atoms with Crippen molar-refractivity contribution in [1.82, 2.24) is 5.32 Å². The maximum atomic E-state index is 11.5. The molecule has 7 N–H and O–H groups in total. The van der Waals surface area contributed by atoms with Gasteiger partial charge in [-0.2, -0.15) is 4.31 Å². The van der Waals surface area contributed by atoms with Crippen molar-refractivity contribution in [3.63, 3.8) is 0 Å². The molecule has 0 aliphatic carbocycles. The van der Waals surface area contributed by atoms with E-state index < -0.39 is 58.8 Å². The zero-order valence-electron chi connectivity index (χ0n) is 11.7. The summed E-state index contributed by atoms with van der Waals surface area (Å²) in [4.78, 5) is 37.3. The van der Waals surface area contributed by atoms with E-state index in [-0.39, 0.29) is 0 Å². The maximum absolute atomic E-state index is 11.5. The number of carbonyl (C=O) groups excluding carboxylic acids is 1. The molecule has 136 valence electrons. The Labute approximate surface area is 129 Å². The third kappa shape index (κ3) is 5.55. The topological polar surface area (TPSA) is 212 Å². The Kier molecular flexibility index (Phi) is 6.47. The van der Waals surface area contributed by atoms with Crippen LogP contribution in [0.25, 0.3) is 0 Å². The second-order valence-corrected chi connectivity index (χ2v) is 7.41. The van der Waals surface area contributed by atoms with Gasteiger partial charge in [-0.25, -0.2) is 13.7 Å². The van der Waals surface area contributed by atoms with Gasteiger partial charge in [0.15, 0.2) is 0 Å². The lowest BCUT2D eigenvalue weighted by Gasteiger charge is -2.44. The van der Waals surface area contributed by atoms with Crippen molar-refractivity contribution in [2.75, 3.05) is 13.2 Å². The summed E-state index contributed by atoms with van der Waals surface area (Å²) in [6, 6.07) is -1.12. The minimum Gasteiger partial charge on any atom is -0.391 e. The molecule has 1 aliphatic heterocycles. The summed E-state index contributed by atoms with van der Waals surface area (Å²) in [5, 5.41) is 31.3. The van der Waals surface area contributed by atoms with Crippen molar-refractivity contribution in [3.05, 3.63) is 0 Å². The Balaban J connectivity index is 2.96. The summed E-state index contributed by atoms with van der Waals surface area (Å²) in [6.07, 6.45) is -3.94. The van der Waals surface area contributed by atoms with Crippen molar-refractivity contribution in [2.45, 2.75) is 31.0 Å². The second-order valence-electron chi connectivity index (χ2n) is 4.66. The van der Waals surface area contributed by atoms with Gasteiger partial charge in [0.1, 0.15) is 18.8 Å². The fourth-order valence-electron chi connectivity index (χ4n) is 1.88. The fraction of sp³-hybridized carbons (Fsp3) is 0.875. The highest BCUT2D eigenvalue weighted by Gasteiger charge is 2.55. The van der Waals surface area contributed by atoms with Gasteiger partial charge in [-0.1, -0.05) is 0 Å². The minimum atomic E-state index is -5.48. The van der Waals surface area contributed by atoms with Crippen LogP contribution < -0.4 is 5.32 Å². The lowest BCUT2D eigenvalue weighted by atomic mass is 9.95. The van der Waals surface area contributed by atoms with E-state index >= 15 is 0 Å². The molecular weight excluding hydrogens is 364 g/mol. The Hall–Kier alpha value is -0.430. The molecule has 1 amide bonds. The van der Waals surface area contributed by atoms with Gasteiger partial charge < -0.3 is 40.1 Å². The third-order valence-electron chi connectivity index (χ3n) is 2.78. The van der Waals surface area contributed by atoms with Crippen LogP contribution in [-0.4, -0.2) is 73.2 Å². The van der Waals surface area contributed by atoms with E-state index in [1.807, 2.05) is 0 Å². The molecule has 23 heavy (non-hydrogen) atoms. The van der Waals surface area contributed by atoms with Crippen LogP contribution in [0.1, 0.15) is 6.92 Å². The van der Waals surface area contributed by atoms with Crippen molar-refractivity contribution >= 4 is 21.6 Å². The molecule has 1 saturated heterocycles. The number of rotatable bonds is 6. The van der Waals surface area contributed by atoms with Crippen LogP contribution in [0.2, 0.25) is 0 Å².